The normalized spacial score (nSPS) is 12.5. The molecule has 1 unspecified atom stereocenters. The van der Waals surface area contributed by atoms with Gasteiger partial charge >= 0.3 is 0 Å². The number of aromatic nitrogens is 2. The molecular formula is C16H17N3O2. The van der Waals surface area contributed by atoms with Crippen LogP contribution in [-0.2, 0) is 6.42 Å². The van der Waals surface area contributed by atoms with Crippen LogP contribution >= 0.6 is 0 Å². The topological polar surface area (TPSA) is 64.1 Å². The highest BCUT2D eigenvalue weighted by Crippen LogP contribution is 2.25. The van der Waals surface area contributed by atoms with Crippen molar-refractivity contribution in [3.05, 3.63) is 59.7 Å². The molecule has 0 radical (unpaired) electrons. The summed E-state index contributed by atoms with van der Waals surface area (Å²) in [5, 5.41) is 11.4. The van der Waals surface area contributed by atoms with E-state index in [0.29, 0.717) is 17.5 Å². The minimum absolute atomic E-state index is 0.131. The van der Waals surface area contributed by atoms with Gasteiger partial charge in [0.15, 0.2) is 5.76 Å². The number of nitrogens with one attached hydrogen (secondary N) is 1. The summed E-state index contributed by atoms with van der Waals surface area (Å²) in [5.74, 6) is 2.43. The Morgan fingerprint density at radius 1 is 1.05 bits per heavy atom. The number of nitrogens with zero attached hydrogens (tertiary/aromatic N) is 2. The van der Waals surface area contributed by atoms with Gasteiger partial charge in [0.05, 0.1) is 0 Å². The average Bonchev–Trinajstić information content (AvgIpc) is 3.18. The molecule has 0 saturated heterocycles. The van der Waals surface area contributed by atoms with Crippen LogP contribution in [0, 0.1) is 0 Å². The quantitative estimate of drug-likeness (QED) is 0.779. The van der Waals surface area contributed by atoms with Crippen molar-refractivity contribution in [2.24, 2.45) is 0 Å². The Bertz CT molecular complexity index is 703. The minimum Gasteiger partial charge on any atom is -0.456 e. The van der Waals surface area contributed by atoms with Crippen LogP contribution in [0.5, 0.6) is 0 Å². The first-order valence-electron chi connectivity index (χ1n) is 6.96. The van der Waals surface area contributed by atoms with Crippen molar-refractivity contribution < 1.29 is 8.83 Å². The Kier molecular flexibility index (Phi) is 3.83. The van der Waals surface area contributed by atoms with E-state index in [0.717, 1.165) is 17.7 Å². The third-order valence-electron chi connectivity index (χ3n) is 3.33. The van der Waals surface area contributed by atoms with Crippen molar-refractivity contribution in [2.45, 2.75) is 19.4 Å². The molecule has 0 aliphatic carbocycles. The lowest BCUT2D eigenvalue weighted by Gasteiger charge is -2.11. The summed E-state index contributed by atoms with van der Waals surface area (Å²) in [7, 11) is 1.86. The van der Waals surface area contributed by atoms with Gasteiger partial charge in [-0.05, 0) is 24.7 Å². The van der Waals surface area contributed by atoms with Crippen LogP contribution in [0.25, 0.3) is 11.7 Å². The Morgan fingerprint density at radius 3 is 2.52 bits per heavy atom. The molecule has 0 bridgehead atoms. The van der Waals surface area contributed by atoms with E-state index >= 15 is 0 Å². The standard InChI is InChI=1S/C16H17N3O2/c1-3-12-9-10-13(20-12)15-18-19-16(21-15)14(17-2)11-7-5-4-6-8-11/h4-10,14,17H,3H2,1-2H3. The fraction of sp³-hybridized carbons (Fsp3) is 0.250. The van der Waals surface area contributed by atoms with Crippen molar-refractivity contribution in [2.75, 3.05) is 7.05 Å². The minimum atomic E-state index is -0.131. The maximum absolute atomic E-state index is 5.76. The second kappa shape index (κ2) is 5.93. The third kappa shape index (κ3) is 2.73. The molecule has 2 aromatic heterocycles. The van der Waals surface area contributed by atoms with Gasteiger partial charge in [0, 0.05) is 6.42 Å². The highest BCUT2D eigenvalue weighted by Gasteiger charge is 2.20. The summed E-state index contributed by atoms with van der Waals surface area (Å²) in [4.78, 5) is 0. The molecular weight excluding hydrogens is 266 g/mol. The third-order valence-corrected chi connectivity index (χ3v) is 3.33. The summed E-state index contributed by atoms with van der Waals surface area (Å²) in [6.07, 6.45) is 0.837. The van der Waals surface area contributed by atoms with Gasteiger partial charge in [-0.2, -0.15) is 0 Å². The molecule has 0 aliphatic heterocycles. The van der Waals surface area contributed by atoms with Gasteiger partial charge in [-0.15, -0.1) is 10.2 Å². The SMILES string of the molecule is CCc1ccc(-c2nnc(C(NC)c3ccccc3)o2)o1. The fourth-order valence-corrected chi connectivity index (χ4v) is 2.21. The number of furan rings is 1. The lowest BCUT2D eigenvalue weighted by atomic mass is 10.1. The number of benzene rings is 1. The van der Waals surface area contributed by atoms with Gasteiger partial charge in [-0.1, -0.05) is 37.3 Å². The van der Waals surface area contributed by atoms with Crippen LogP contribution in [0.1, 0.15) is 30.2 Å². The molecule has 0 aliphatic rings. The highest BCUT2D eigenvalue weighted by molar-refractivity contribution is 5.44. The Balaban J connectivity index is 1.90. The van der Waals surface area contributed by atoms with Gasteiger partial charge in [0.25, 0.3) is 5.89 Å². The molecule has 1 atom stereocenters. The largest absolute Gasteiger partial charge is 0.456 e. The van der Waals surface area contributed by atoms with E-state index < -0.39 is 0 Å². The van der Waals surface area contributed by atoms with Crippen LogP contribution in [0.4, 0.5) is 0 Å². The van der Waals surface area contributed by atoms with Crippen LogP contribution in [0.3, 0.4) is 0 Å². The molecule has 0 spiro atoms. The fourth-order valence-electron chi connectivity index (χ4n) is 2.21. The summed E-state index contributed by atoms with van der Waals surface area (Å²) in [6, 6.07) is 13.6. The second-order valence-corrected chi connectivity index (χ2v) is 4.70. The first kappa shape index (κ1) is 13.6. The Labute approximate surface area is 123 Å². The molecule has 108 valence electrons. The van der Waals surface area contributed by atoms with Crippen molar-refractivity contribution in [3.63, 3.8) is 0 Å². The van der Waals surface area contributed by atoms with Crippen LogP contribution in [0.15, 0.2) is 51.3 Å². The molecule has 5 nitrogen and oxygen atoms in total. The predicted molar refractivity (Wildman–Crippen MR) is 78.7 cm³/mol. The van der Waals surface area contributed by atoms with Gasteiger partial charge in [0.1, 0.15) is 11.8 Å². The molecule has 1 N–H and O–H groups in total. The van der Waals surface area contributed by atoms with Crippen molar-refractivity contribution in [1.29, 1.82) is 0 Å². The van der Waals surface area contributed by atoms with E-state index in [-0.39, 0.29) is 6.04 Å². The number of aryl methyl sites for hydroxylation is 1. The van der Waals surface area contributed by atoms with Crippen molar-refractivity contribution in [1.82, 2.24) is 15.5 Å². The smallest absolute Gasteiger partial charge is 0.283 e. The van der Waals surface area contributed by atoms with Crippen molar-refractivity contribution >= 4 is 0 Å². The lowest BCUT2D eigenvalue weighted by molar-refractivity contribution is 0.438. The average molecular weight is 283 g/mol. The predicted octanol–water partition coefficient (Wildman–Crippen LogP) is 3.20. The van der Waals surface area contributed by atoms with E-state index in [1.165, 1.54) is 0 Å². The molecule has 21 heavy (non-hydrogen) atoms. The molecule has 2 heterocycles. The zero-order valence-corrected chi connectivity index (χ0v) is 12.0. The van der Waals surface area contributed by atoms with Crippen LogP contribution in [-0.4, -0.2) is 17.2 Å². The van der Waals surface area contributed by atoms with Crippen LogP contribution < -0.4 is 5.32 Å². The maximum atomic E-state index is 5.76. The second-order valence-electron chi connectivity index (χ2n) is 4.70. The van der Waals surface area contributed by atoms with Gasteiger partial charge in [0.2, 0.25) is 5.89 Å². The highest BCUT2D eigenvalue weighted by atomic mass is 16.4. The number of hydrogen-bond acceptors (Lipinski definition) is 5. The molecule has 5 heteroatoms. The number of rotatable bonds is 5. The zero-order chi connectivity index (χ0) is 14.7. The van der Waals surface area contributed by atoms with E-state index in [1.54, 1.807) is 0 Å². The summed E-state index contributed by atoms with van der Waals surface area (Å²) in [6.45, 7) is 2.04. The van der Waals surface area contributed by atoms with Crippen molar-refractivity contribution in [3.8, 4) is 11.7 Å². The molecule has 3 rings (SSSR count). The maximum Gasteiger partial charge on any atom is 0.283 e. The molecule has 1 aromatic carbocycles. The number of hydrogen-bond donors (Lipinski definition) is 1. The van der Waals surface area contributed by atoms with Gasteiger partial charge < -0.3 is 14.2 Å². The summed E-state index contributed by atoms with van der Waals surface area (Å²) in [5.41, 5.74) is 1.07. The van der Waals surface area contributed by atoms with Gasteiger partial charge in [-0.25, -0.2) is 0 Å². The van der Waals surface area contributed by atoms with Gasteiger partial charge in [-0.3, -0.25) is 0 Å². The van der Waals surface area contributed by atoms with Crippen LogP contribution in [0.2, 0.25) is 0 Å². The monoisotopic (exact) mass is 283 g/mol. The molecule has 3 aromatic rings. The Hall–Kier alpha value is -2.40. The van der Waals surface area contributed by atoms with E-state index in [9.17, 15) is 0 Å². The summed E-state index contributed by atoms with van der Waals surface area (Å²) < 4.78 is 11.4. The Morgan fingerprint density at radius 2 is 1.86 bits per heavy atom. The van der Waals surface area contributed by atoms with E-state index in [4.69, 9.17) is 8.83 Å². The first-order chi connectivity index (χ1) is 10.3. The van der Waals surface area contributed by atoms with E-state index in [1.807, 2.05) is 56.4 Å². The first-order valence-corrected chi connectivity index (χ1v) is 6.96. The zero-order valence-electron chi connectivity index (χ0n) is 12.0. The summed E-state index contributed by atoms with van der Waals surface area (Å²) >= 11 is 0. The molecule has 0 amide bonds. The van der Waals surface area contributed by atoms with E-state index in [2.05, 4.69) is 15.5 Å². The molecule has 0 saturated carbocycles. The molecule has 0 fully saturated rings. The lowest BCUT2D eigenvalue weighted by Crippen LogP contribution is -2.17.